The summed E-state index contributed by atoms with van der Waals surface area (Å²) in [5, 5.41) is 3.49. The maximum absolute atomic E-state index is 13.1. The Labute approximate surface area is 142 Å². The van der Waals surface area contributed by atoms with Gasteiger partial charge in [-0.1, -0.05) is 31.2 Å². The highest BCUT2D eigenvalue weighted by molar-refractivity contribution is 5.78. The van der Waals surface area contributed by atoms with Crippen LogP contribution in [0.25, 0.3) is 0 Å². The lowest BCUT2D eigenvalue weighted by Crippen LogP contribution is -2.23. The van der Waals surface area contributed by atoms with Gasteiger partial charge in [-0.05, 0) is 48.2 Å². The highest BCUT2D eigenvalue weighted by Crippen LogP contribution is 2.23. The Morgan fingerprint density at radius 1 is 1.12 bits per heavy atom. The summed E-state index contributed by atoms with van der Waals surface area (Å²) in [6, 6.07) is 15.0. The number of halogens is 1. The van der Waals surface area contributed by atoms with Crippen LogP contribution in [0.15, 0.2) is 48.5 Å². The van der Waals surface area contributed by atoms with E-state index in [1.165, 1.54) is 12.1 Å². The second-order valence-electron chi connectivity index (χ2n) is 6.27. The quantitative estimate of drug-likeness (QED) is 0.847. The number of rotatable bonds is 6. The lowest BCUT2D eigenvalue weighted by atomic mass is 10.0. The van der Waals surface area contributed by atoms with Crippen molar-refractivity contribution in [2.45, 2.75) is 38.8 Å². The van der Waals surface area contributed by atoms with E-state index in [9.17, 15) is 9.18 Å². The number of nitrogens with zero attached hydrogens (tertiary/aromatic N) is 1. The Balaban J connectivity index is 1.64. The van der Waals surface area contributed by atoms with E-state index in [-0.39, 0.29) is 17.8 Å². The maximum atomic E-state index is 13.1. The van der Waals surface area contributed by atoms with Gasteiger partial charge in [0.25, 0.3) is 0 Å². The monoisotopic (exact) mass is 326 g/mol. The van der Waals surface area contributed by atoms with Gasteiger partial charge in [0.1, 0.15) is 5.82 Å². The van der Waals surface area contributed by atoms with Gasteiger partial charge < -0.3 is 10.2 Å². The van der Waals surface area contributed by atoms with Gasteiger partial charge in [0, 0.05) is 25.2 Å². The SMILES string of the molecule is CCC(Nc1ccc(CN2CCCC2=O)cc1)c1ccc(F)cc1. The molecule has 0 radical (unpaired) electrons. The molecule has 0 saturated carbocycles. The maximum Gasteiger partial charge on any atom is 0.222 e. The topological polar surface area (TPSA) is 32.3 Å². The van der Waals surface area contributed by atoms with Gasteiger partial charge in [-0.15, -0.1) is 0 Å². The van der Waals surface area contributed by atoms with E-state index in [0.717, 1.165) is 36.2 Å². The van der Waals surface area contributed by atoms with Crippen molar-refractivity contribution in [2.75, 3.05) is 11.9 Å². The zero-order chi connectivity index (χ0) is 16.9. The molecule has 1 heterocycles. The minimum absolute atomic E-state index is 0.150. The van der Waals surface area contributed by atoms with Crippen molar-refractivity contribution in [1.82, 2.24) is 4.90 Å². The second kappa shape index (κ2) is 7.47. The summed E-state index contributed by atoms with van der Waals surface area (Å²) in [7, 11) is 0. The van der Waals surface area contributed by atoms with Crippen molar-refractivity contribution < 1.29 is 9.18 Å². The largest absolute Gasteiger partial charge is 0.378 e. The fraction of sp³-hybridized carbons (Fsp3) is 0.350. The summed E-state index contributed by atoms with van der Waals surface area (Å²) in [6.07, 6.45) is 2.56. The van der Waals surface area contributed by atoms with Crippen LogP contribution in [0.2, 0.25) is 0 Å². The normalized spacial score (nSPS) is 15.6. The first-order chi connectivity index (χ1) is 11.7. The number of hydrogen-bond acceptors (Lipinski definition) is 2. The van der Waals surface area contributed by atoms with Crippen LogP contribution < -0.4 is 5.32 Å². The molecule has 1 unspecified atom stereocenters. The smallest absolute Gasteiger partial charge is 0.222 e. The molecule has 1 amide bonds. The Morgan fingerprint density at radius 2 is 1.83 bits per heavy atom. The molecular weight excluding hydrogens is 303 g/mol. The Kier molecular flexibility index (Phi) is 5.14. The summed E-state index contributed by atoms with van der Waals surface area (Å²) in [5.74, 6) is 0.0361. The van der Waals surface area contributed by atoms with Crippen molar-refractivity contribution in [3.8, 4) is 0 Å². The molecule has 1 atom stereocenters. The van der Waals surface area contributed by atoms with Crippen LogP contribution in [0.3, 0.4) is 0 Å². The standard InChI is InChI=1S/C20H23FN2O/c1-2-19(16-7-9-17(21)10-8-16)22-18-11-5-15(6-12-18)14-23-13-3-4-20(23)24/h5-12,19,22H,2-4,13-14H2,1H3. The lowest BCUT2D eigenvalue weighted by molar-refractivity contribution is -0.128. The third kappa shape index (κ3) is 3.94. The van der Waals surface area contributed by atoms with Crippen molar-refractivity contribution in [2.24, 2.45) is 0 Å². The molecule has 2 aromatic rings. The van der Waals surface area contributed by atoms with Crippen molar-refractivity contribution >= 4 is 11.6 Å². The van der Waals surface area contributed by atoms with Crippen molar-refractivity contribution in [3.05, 3.63) is 65.5 Å². The zero-order valence-electron chi connectivity index (χ0n) is 14.0. The number of nitrogens with one attached hydrogen (secondary N) is 1. The fourth-order valence-corrected chi connectivity index (χ4v) is 3.12. The number of anilines is 1. The van der Waals surface area contributed by atoms with Gasteiger partial charge >= 0.3 is 0 Å². The number of carbonyl (C=O) groups is 1. The van der Waals surface area contributed by atoms with E-state index in [1.54, 1.807) is 0 Å². The van der Waals surface area contributed by atoms with E-state index in [2.05, 4.69) is 24.4 Å². The summed E-state index contributed by atoms with van der Waals surface area (Å²) in [5.41, 5.74) is 3.25. The van der Waals surface area contributed by atoms with Gasteiger partial charge in [0.2, 0.25) is 5.91 Å². The van der Waals surface area contributed by atoms with E-state index in [4.69, 9.17) is 0 Å². The fourth-order valence-electron chi connectivity index (χ4n) is 3.12. The number of amides is 1. The van der Waals surface area contributed by atoms with E-state index in [1.807, 2.05) is 29.2 Å². The molecule has 1 N–H and O–H groups in total. The molecule has 1 saturated heterocycles. The predicted molar refractivity (Wildman–Crippen MR) is 94.1 cm³/mol. The van der Waals surface area contributed by atoms with E-state index < -0.39 is 0 Å². The Morgan fingerprint density at radius 3 is 2.42 bits per heavy atom. The van der Waals surface area contributed by atoms with E-state index in [0.29, 0.717) is 13.0 Å². The average molecular weight is 326 g/mol. The molecule has 0 bridgehead atoms. The van der Waals surface area contributed by atoms with Crippen LogP contribution >= 0.6 is 0 Å². The van der Waals surface area contributed by atoms with Crippen molar-refractivity contribution in [3.63, 3.8) is 0 Å². The molecule has 0 aromatic heterocycles. The first kappa shape index (κ1) is 16.5. The zero-order valence-corrected chi connectivity index (χ0v) is 14.0. The van der Waals surface area contributed by atoms with Crippen LogP contribution in [-0.4, -0.2) is 17.4 Å². The molecule has 3 nitrogen and oxygen atoms in total. The molecule has 2 aromatic carbocycles. The van der Waals surface area contributed by atoms with Gasteiger partial charge in [0.15, 0.2) is 0 Å². The molecular formula is C20H23FN2O. The molecule has 24 heavy (non-hydrogen) atoms. The van der Waals surface area contributed by atoms with Crippen LogP contribution in [0.5, 0.6) is 0 Å². The number of likely N-dealkylation sites (tertiary alicyclic amines) is 1. The minimum atomic E-state index is -0.214. The molecule has 1 fully saturated rings. The highest BCUT2D eigenvalue weighted by Gasteiger charge is 2.19. The summed E-state index contributed by atoms with van der Waals surface area (Å²) in [4.78, 5) is 13.6. The molecule has 3 rings (SSSR count). The molecule has 4 heteroatoms. The van der Waals surface area contributed by atoms with Crippen LogP contribution in [0.4, 0.5) is 10.1 Å². The van der Waals surface area contributed by atoms with Gasteiger partial charge in [-0.25, -0.2) is 4.39 Å². The summed E-state index contributed by atoms with van der Waals surface area (Å²) >= 11 is 0. The third-order valence-corrected chi connectivity index (χ3v) is 4.52. The second-order valence-corrected chi connectivity index (χ2v) is 6.27. The summed E-state index contributed by atoms with van der Waals surface area (Å²) < 4.78 is 13.1. The third-order valence-electron chi connectivity index (χ3n) is 4.52. The van der Waals surface area contributed by atoms with Gasteiger partial charge in [-0.3, -0.25) is 4.79 Å². The Hall–Kier alpha value is -2.36. The average Bonchev–Trinajstić information content (AvgIpc) is 3.00. The van der Waals surface area contributed by atoms with E-state index >= 15 is 0 Å². The molecule has 1 aliphatic heterocycles. The molecule has 126 valence electrons. The molecule has 0 aliphatic carbocycles. The lowest BCUT2D eigenvalue weighted by Gasteiger charge is -2.20. The minimum Gasteiger partial charge on any atom is -0.378 e. The van der Waals surface area contributed by atoms with Gasteiger partial charge in [-0.2, -0.15) is 0 Å². The number of hydrogen-bond donors (Lipinski definition) is 1. The summed E-state index contributed by atoms with van der Waals surface area (Å²) in [6.45, 7) is 3.66. The van der Waals surface area contributed by atoms with Crippen LogP contribution in [-0.2, 0) is 11.3 Å². The number of benzene rings is 2. The predicted octanol–water partition coefficient (Wildman–Crippen LogP) is 4.51. The highest BCUT2D eigenvalue weighted by atomic mass is 19.1. The molecule has 1 aliphatic rings. The van der Waals surface area contributed by atoms with Crippen LogP contribution in [0.1, 0.15) is 43.4 Å². The number of carbonyl (C=O) groups excluding carboxylic acids is 1. The van der Waals surface area contributed by atoms with Crippen molar-refractivity contribution in [1.29, 1.82) is 0 Å². The first-order valence-electron chi connectivity index (χ1n) is 8.54. The van der Waals surface area contributed by atoms with Crippen LogP contribution in [0, 0.1) is 5.82 Å². The first-order valence-corrected chi connectivity index (χ1v) is 8.54. The molecule has 0 spiro atoms. The Bertz CT molecular complexity index is 682. The van der Waals surface area contributed by atoms with Gasteiger partial charge in [0.05, 0.1) is 6.04 Å².